The van der Waals surface area contributed by atoms with Crippen LogP contribution in [0.4, 0.5) is 0 Å². The molecule has 0 atom stereocenters. The lowest BCUT2D eigenvalue weighted by atomic mass is 10.2. The number of rotatable bonds is 2. The van der Waals surface area contributed by atoms with Crippen molar-refractivity contribution in [3.63, 3.8) is 0 Å². The van der Waals surface area contributed by atoms with Crippen molar-refractivity contribution in [2.75, 3.05) is 6.61 Å². The van der Waals surface area contributed by atoms with Crippen molar-refractivity contribution in [3.05, 3.63) is 59.1 Å². The SMILES string of the molecule is Brc1cnc2[nH]ccc2c1.C.C.C.CCOC(=O)c1cnc2[nH]ccc2c1. The lowest BCUT2D eigenvalue weighted by Crippen LogP contribution is -2.04. The summed E-state index contributed by atoms with van der Waals surface area (Å²) in [6, 6.07) is 7.65. The van der Waals surface area contributed by atoms with Crippen molar-refractivity contribution in [1.29, 1.82) is 0 Å². The van der Waals surface area contributed by atoms with Crippen molar-refractivity contribution in [2.24, 2.45) is 0 Å². The normalized spacial score (nSPS) is 9.26. The standard InChI is InChI=1S/C10H10N2O2.C7H5BrN2.3CH4/c1-2-14-10(13)8-5-7-3-4-11-9(7)12-6-8;8-6-3-5-1-2-9-7(5)10-4-6;;;/h3-6H,2H2,1H3,(H,11,12);1-4H,(H,9,10);3*1H4. The Bertz CT molecular complexity index is 978. The van der Waals surface area contributed by atoms with Gasteiger partial charge < -0.3 is 14.7 Å². The van der Waals surface area contributed by atoms with Gasteiger partial charge in [-0.05, 0) is 47.1 Å². The molecule has 4 heterocycles. The van der Waals surface area contributed by atoms with Gasteiger partial charge in [-0.1, -0.05) is 22.3 Å². The third-order valence-electron chi connectivity index (χ3n) is 3.28. The third-order valence-corrected chi connectivity index (χ3v) is 3.71. The summed E-state index contributed by atoms with van der Waals surface area (Å²) in [7, 11) is 0. The van der Waals surface area contributed by atoms with E-state index in [1.165, 1.54) is 6.20 Å². The van der Waals surface area contributed by atoms with Crippen LogP contribution in [-0.2, 0) is 4.74 Å². The molecule has 0 aromatic carbocycles. The zero-order valence-electron chi connectivity index (χ0n) is 12.9. The number of aromatic nitrogens is 4. The number of nitrogens with zero attached hydrogens (tertiary/aromatic N) is 2. The number of H-pyrrole nitrogens is 2. The van der Waals surface area contributed by atoms with Crippen molar-refractivity contribution < 1.29 is 9.53 Å². The number of hydrogen-bond donors (Lipinski definition) is 2. The first-order valence-corrected chi connectivity index (χ1v) is 8.15. The minimum Gasteiger partial charge on any atom is -0.462 e. The smallest absolute Gasteiger partial charge is 0.339 e. The lowest BCUT2D eigenvalue weighted by Gasteiger charge is -2.00. The maximum atomic E-state index is 11.3. The van der Waals surface area contributed by atoms with E-state index in [0.29, 0.717) is 12.2 Å². The topological polar surface area (TPSA) is 83.7 Å². The molecule has 0 aliphatic carbocycles. The molecular formula is C20H27BrN4O2. The van der Waals surface area contributed by atoms with E-state index < -0.39 is 0 Å². The summed E-state index contributed by atoms with van der Waals surface area (Å²) < 4.78 is 5.88. The minimum absolute atomic E-state index is 0. The highest BCUT2D eigenvalue weighted by molar-refractivity contribution is 9.10. The summed E-state index contributed by atoms with van der Waals surface area (Å²) in [5.41, 5.74) is 2.19. The van der Waals surface area contributed by atoms with Crippen LogP contribution in [0.2, 0.25) is 0 Å². The molecule has 7 heteroatoms. The molecule has 6 nitrogen and oxygen atoms in total. The van der Waals surface area contributed by atoms with Gasteiger partial charge in [0.2, 0.25) is 0 Å². The number of ether oxygens (including phenoxy) is 1. The fraction of sp³-hybridized carbons (Fsp3) is 0.250. The number of esters is 1. The lowest BCUT2D eigenvalue weighted by molar-refractivity contribution is 0.0526. The molecule has 0 saturated heterocycles. The van der Waals surface area contributed by atoms with Crippen molar-refractivity contribution in [3.8, 4) is 0 Å². The van der Waals surface area contributed by atoms with E-state index >= 15 is 0 Å². The Kier molecular flexibility index (Phi) is 10.0. The highest BCUT2D eigenvalue weighted by Gasteiger charge is 2.07. The van der Waals surface area contributed by atoms with E-state index in [0.717, 1.165) is 26.5 Å². The van der Waals surface area contributed by atoms with Crippen molar-refractivity contribution >= 4 is 44.0 Å². The van der Waals surface area contributed by atoms with Crippen LogP contribution >= 0.6 is 15.9 Å². The summed E-state index contributed by atoms with van der Waals surface area (Å²) in [6.07, 6.45) is 6.95. The minimum atomic E-state index is -0.330. The van der Waals surface area contributed by atoms with Crippen LogP contribution in [0.5, 0.6) is 0 Å². The fourth-order valence-corrected chi connectivity index (χ4v) is 2.53. The Morgan fingerprint density at radius 3 is 2.15 bits per heavy atom. The molecule has 2 N–H and O–H groups in total. The second-order valence-corrected chi connectivity index (χ2v) is 5.84. The number of aromatic amines is 2. The molecule has 0 aliphatic rings. The first-order chi connectivity index (χ1) is 11.7. The van der Waals surface area contributed by atoms with E-state index in [1.807, 2.05) is 24.4 Å². The Morgan fingerprint density at radius 1 is 1.00 bits per heavy atom. The molecule has 0 radical (unpaired) electrons. The summed E-state index contributed by atoms with van der Waals surface area (Å²) >= 11 is 3.34. The molecule has 0 bridgehead atoms. The molecule has 0 aliphatic heterocycles. The van der Waals surface area contributed by atoms with Gasteiger partial charge in [-0.15, -0.1) is 0 Å². The van der Waals surface area contributed by atoms with Gasteiger partial charge in [0.1, 0.15) is 11.3 Å². The summed E-state index contributed by atoms with van der Waals surface area (Å²) in [5, 5.41) is 2.05. The van der Waals surface area contributed by atoms with Gasteiger partial charge in [0.15, 0.2) is 0 Å². The molecule has 0 fully saturated rings. The van der Waals surface area contributed by atoms with Gasteiger partial charge >= 0.3 is 5.97 Å². The van der Waals surface area contributed by atoms with Crippen LogP contribution in [0.3, 0.4) is 0 Å². The Hall–Kier alpha value is -2.67. The van der Waals surface area contributed by atoms with Crippen LogP contribution in [0, 0.1) is 0 Å². The van der Waals surface area contributed by atoms with Gasteiger partial charge in [-0.25, -0.2) is 14.8 Å². The van der Waals surface area contributed by atoms with Crippen LogP contribution in [0.15, 0.2) is 53.5 Å². The summed E-state index contributed by atoms with van der Waals surface area (Å²) in [6.45, 7) is 2.16. The molecule has 4 rings (SSSR count). The maximum absolute atomic E-state index is 11.3. The van der Waals surface area contributed by atoms with Crippen molar-refractivity contribution in [1.82, 2.24) is 19.9 Å². The predicted molar refractivity (Wildman–Crippen MR) is 116 cm³/mol. The fourth-order valence-electron chi connectivity index (χ4n) is 2.18. The third kappa shape index (κ3) is 5.92. The highest BCUT2D eigenvalue weighted by atomic mass is 79.9. The molecule has 146 valence electrons. The van der Waals surface area contributed by atoms with Gasteiger partial charge in [-0.2, -0.15) is 0 Å². The Labute approximate surface area is 168 Å². The summed E-state index contributed by atoms with van der Waals surface area (Å²) in [4.78, 5) is 25.5. The molecule has 0 amide bonds. The van der Waals surface area contributed by atoms with Crippen LogP contribution in [0.25, 0.3) is 22.1 Å². The zero-order chi connectivity index (χ0) is 16.9. The highest BCUT2D eigenvalue weighted by Crippen LogP contribution is 2.15. The number of carbonyl (C=O) groups is 1. The molecule has 0 spiro atoms. The largest absolute Gasteiger partial charge is 0.462 e. The second-order valence-electron chi connectivity index (χ2n) is 4.93. The average molecular weight is 435 g/mol. The number of nitrogens with one attached hydrogen (secondary N) is 2. The second kappa shape index (κ2) is 11.1. The Balaban J connectivity index is 0.000000468. The van der Waals surface area contributed by atoms with Gasteiger partial charge in [-0.3, -0.25) is 0 Å². The van der Waals surface area contributed by atoms with E-state index in [9.17, 15) is 4.79 Å². The predicted octanol–water partition coefficient (Wildman–Crippen LogP) is 5.97. The van der Waals surface area contributed by atoms with E-state index in [-0.39, 0.29) is 28.2 Å². The molecule has 0 unspecified atom stereocenters. The first kappa shape index (κ1) is 24.3. The number of fused-ring (bicyclic) bond motifs is 2. The van der Waals surface area contributed by atoms with Crippen LogP contribution in [-0.4, -0.2) is 32.5 Å². The van der Waals surface area contributed by atoms with Crippen LogP contribution in [0.1, 0.15) is 39.6 Å². The molecule has 4 aromatic rings. The first-order valence-electron chi connectivity index (χ1n) is 7.36. The van der Waals surface area contributed by atoms with Gasteiger partial charge in [0, 0.05) is 40.0 Å². The van der Waals surface area contributed by atoms with E-state index in [1.54, 1.807) is 25.4 Å². The molecule has 4 aromatic heterocycles. The van der Waals surface area contributed by atoms with E-state index in [4.69, 9.17) is 4.74 Å². The van der Waals surface area contributed by atoms with E-state index in [2.05, 4.69) is 35.9 Å². The number of pyridine rings is 2. The molecular weight excluding hydrogens is 408 g/mol. The zero-order valence-corrected chi connectivity index (χ0v) is 14.5. The average Bonchev–Trinajstić information content (AvgIpc) is 3.23. The maximum Gasteiger partial charge on any atom is 0.339 e. The monoisotopic (exact) mass is 434 g/mol. The van der Waals surface area contributed by atoms with Crippen LogP contribution < -0.4 is 0 Å². The van der Waals surface area contributed by atoms with Gasteiger partial charge in [0.05, 0.1) is 12.2 Å². The van der Waals surface area contributed by atoms with Crippen molar-refractivity contribution in [2.45, 2.75) is 29.2 Å². The molecule has 0 saturated carbocycles. The molecule has 27 heavy (non-hydrogen) atoms. The quantitative estimate of drug-likeness (QED) is 0.380. The number of carbonyl (C=O) groups excluding carboxylic acids is 1. The number of halogens is 1. The number of hydrogen-bond acceptors (Lipinski definition) is 4. The summed E-state index contributed by atoms with van der Waals surface area (Å²) in [5.74, 6) is -0.330. The Morgan fingerprint density at radius 2 is 1.56 bits per heavy atom. The van der Waals surface area contributed by atoms with Gasteiger partial charge in [0.25, 0.3) is 0 Å².